The van der Waals surface area contributed by atoms with Crippen molar-refractivity contribution >= 4 is 11.9 Å². The third-order valence-corrected chi connectivity index (χ3v) is 4.12. The largest absolute Gasteiger partial charge is 0.465 e. The van der Waals surface area contributed by atoms with E-state index in [9.17, 15) is 9.59 Å². The third-order valence-electron chi connectivity index (χ3n) is 4.12. The van der Waals surface area contributed by atoms with E-state index in [1.54, 1.807) is 19.1 Å². The first-order valence-corrected chi connectivity index (χ1v) is 7.42. The Balaban J connectivity index is 2.11. The van der Waals surface area contributed by atoms with Gasteiger partial charge in [0.1, 0.15) is 11.5 Å². The molecule has 1 aromatic carbocycles. The molecule has 0 heterocycles. The Morgan fingerprint density at radius 2 is 2.14 bits per heavy atom. The fourth-order valence-electron chi connectivity index (χ4n) is 2.82. The Morgan fingerprint density at radius 3 is 2.81 bits per heavy atom. The van der Waals surface area contributed by atoms with Gasteiger partial charge in [-0.1, -0.05) is 17.7 Å². The fraction of sp³-hybridized carbons (Fsp3) is 0.529. The Labute approximate surface area is 125 Å². The molecule has 0 radical (unpaired) electrons. The molecular weight excluding hydrogens is 268 g/mol. The van der Waals surface area contributed by atoms with Crippen LogP contribution in [0.25, 0.3) is 0 Å². The second kappa shape index (κ2) is 6.29. The second-order valence-corrected chi connectivity index (χ2v) is 5.79. The highest BCUT2D eigenvalue weighted by molar-refractivity contribution is 5.90. The van der Waals surface area contributed by atoms with E-state index >= 15 is 0 Å². The predicted molar refractivity (Wildman–Crippen MR) is 79.0 cm³/mol. The van der Waals surface area contributed by atoms with Crippen LogP contribution in [-0.4, -0.2) is 24.6 Å². The quantitative estimate of drug-likeness (QED) is 0.799. The standard InChI is InChI=1S/C17H22O4/c1-4-20-16(19)17(3)10-6-9-14(17)21-15(18)13-8-5-7-12(2)11-13/h5,7-8,11,14H,4,6,9-10H2,1-3H3. The van der Waals surface area contributed by atoms with Crippen LogP contribution in [0.5, 0.6) is 0 Å². The van der Waals surface area contributed by atoms with E-state index in [0.29, 0.717) is 25.0 Å². The first kappa shape index (κ1) is 15.5. The molecule has 1 saturated carbocycles. The SMILES string of the molecule is CCOC(=O)C1(C)CCCC1OC(=O)c1cccc(C)c1. The van der Waals surface area contributed by atoms with Gasteiger partial charge in [0.2, 0.25) is 0 Å². The Hall–Kier alpha value is -1.84. The molecule has 1 aromatic rings. The number of carbonyl (C=O) groups is 2. The van der Waals surface area contributed by atoms with Crippen LogP contribution < -0.4 is 0 Å². The molecule has 2 rings (SSSR count). The normalized spacial score (nSPS) is 24.6. The number of benzene rings is 1. The molecule has 2 unspecified atom stereocenters. The average molecular weight is 290 g/mol. The summed E-state index contributed by atoms with van der Waals surface area (Å²) in [6.07, 6.45) is 1.84. The molecule has 1 aliphatic carbocycles. The number of esters is 2. The first-order valence-electron chi connectivity index (χ1n) is 7.42. The van der Waals surface area contributed by atoms with Gasteiger partial charge in [0.15, 0.2) is 0 Å². The van der Waals surface area contributed by atoms with E-state index in [2.05, 4.69) is 0 Å². The van der Waals surface area contributed by atoms with Crippen LogP contribution in [0.1, 0.15) is 49.0 Å². The molecule has 0 aromatic heterocycles. The summed E-state index contributed by atoms with van der Waals surface area (Å²) >= 11 is 0. The van der Waals surface area contributed by atoms with Crippen LogP contribution in [0.2, 0.25) is 0 Å². The van der Waals surface area contributed by atoms with E-state index in [0.717, 1.165) is 12.0 Å². The van der Waals surface area contributed by atoms with Gasteiger partial charge in [-0.25, -0.2) is 4.79 Å². The minimum atomic E-state index is -0.727. The van der Waals surface area contributed by atoms with Gasteiger partial charge >= 0.3 is 11.9 Å². The van der Waals surface area contributed by atoms with Crippen LogP contribution in [0.15, 0.2) is 24.3 Å². The second-order valence-electron chi connectivity index (χ2n) is 5.79. The van der Waals surface area contributed by atoms with Gasteiger partial charge in [0.25, 0.3) is 0 Å². The Kier molecular flexibility index (Phi) is 4.66. The lowest BCUT2D eigenvalue weighted by Gasteiger charge is -2.28. The number of rotatable bonds is 4. The van der Waals surface area contributed by atoms with E-state index < -0.39 is 11.5 Å². The lowest BCUT2D eigenvalue weighted by molar-refractivity contribution is -0.159. The zero-order valence-corrected chi connectivity index (χ0v) is 12.8. The van der Waals surface area contributed by atoms with Crippen molar-refractivity contribution in [2.75, 3.05) is 6.61 Å². The first-order chi connectivity index (χ1) is 9.97. The van der Waals surface area contributed by atoms with Crippen LogP contribution >= 0.6 is 0 Å². The Bertz CT molecular complexity index is 537. The van der Waals surface area contributed by atoms with Crippen molar-refractivity contribution in [1.29, 1.82) is 0 Å². The van der Waals surface area contributed by atoms with E-state index in [4.69, 9.17) is 9.47 Å². The van der Waals surface area contributed by atoms with Gasteiger partial charge in [-0.05, 0) is 52.2 Å². The number of aryl methyl sites for hydroxylation is 1. The smallest absolute Gasteiger partial charge is 0.338 e. The average Bonchev–Trinajstić information content (AvgIpc) is 2.82. The third kappa shape index (κ3) is 3.26. The molecule has 114 valence electrons. The van der Waals surface area contributed by atoms with Gasteiger partial charge in [0.05, 0.1) is 12.2 Å². The molecule has 0 N–H and O–H groups in total. The highest BCUT2D eigenvalue weighted by Gasteiger charge is 2.48. The summed E-state index contributed by atoms with van der Waals surface area (Å²) in [6.45, 7) is 5.87. The fourth-order valence-corrected chi connectivity index (χ4v) is 2.82. The molecular formula is C17H22O4. The maximum Gasteiger partial charge on any atom is 0.338 e. The summed E-state index contributed by atoms with van der Waals surface area (Å²) in [4.78, 5) is 24.4. The van der Waals surface area contributed by atoms with Gasteiger partial charge in [-0.15, -0.1) is 0 Å². The summed E-state index contributed by atoms with van der Waals surface area (Å²) in [6, 6.07) is 7.27. The predicted octanol–water partition coefficient (Wildman–Crippen LogP) is 3.27. The van der Waals surface area contributed by atoms with Gasteiger partial charge in [-0.3, -0.25) is 4.79 Å². The van der Waals surface area contributed by atoms with Crippen molar-refractivity contribution in [2.24, 2.45) is 5.41 Å². The van der Waals surface area contributed by atoms with Crippen molar-refractivity contribution in [1.82, 2.24) is 0 Å². The highest BCUT2D eigenvalue weighted by Crippen LogP contribution is 2.41. The lowest BCUT2D eigenvalue weighted by Crippen LogP contribution is -2.39. The van der Waals surface area contributed by atoms with Gasteiger partial charge in [0, 0.05) is 0 Å². The highest BCUT2D eigenvalue weighted by atomic mass is 16.6. The van der Waals surface area contributed by atoms with Gasteiger partial charge in [-0.2, -0.15) is 0 Å². The zero-order valence-electron chi connectivity index (χ0n) is 12.8. The molecule has 4 heteroatoms. The number of carbonyl (C=O) groups excluding carboxylic acids is 2. The van der Waals surface area contributed by atoms with Crippen molar-refractivity contribution < 1.29 is 19.1 Å². The van der Waals surface area contributed by atoms with Crippen molar-refractivity contribution in [2.45, 2.75) is 46.1 Å². The number of hydrogen-bond acceptors (Lipinski definition) is 4. The number of hydrogen-bond donors (Lipinski definition) is 0. The van der Waals surface area contributed by atoms with Crippen LogP contribution in [-0.2, 0) is 14.3 Å². The lowest BCUT2D eigenvalue weighted by atomic mass is 9.86. The molecule has 4 nitrogen and oxygen atoms in total. The van der Waals surface area contributed by atoms with Crippen molar-refractivity contribution in [3.63, 3.8) is 0 Å². The van der Waals surface area contributed by atoms with Gasteiger partial charge < -0.3 is 9.47 Å². The molecule has 21 heavy (non-hydrogen) atoms. The molecule has 2 atom stereocenters. The topological polar surface area (TPSA) is 52.6 Å². The zero-order chi connectivity index (χ0) is 15.5. The summed E-state index contributed by atoms with van der Waals surface area (Å²) in [5.41, 5.74) is 0.798. The summed E-state index contributed by atoms with van der Waals surface area (Å²) in [7, 11) is 0. The van der Waals surface area contributed by atoms with Crippen molar-refractivity contribution in [3.8, 4) is 0 Å². The summed E-state index contributed by atoms with van der Waals surface area (Å²) in [5, 5.41) is 0. The molecule has 0 amide bonds. The molecule has 1 aliphatic rings. The van der Waals surface area contributed by atoms with Crippen LogP contribution in [0.4, 0.5) is 0 Å². The molecule has 0 aliphatic heterocycles. The van der Waals surface area contributed by atoms with E-state index in [1.807, 2.05) is 26.0 Å². The van der Waals surface area contributed by atoms with Crippen LogP contribution in [0.3, 0.4) is 0 Å². The van der Waals surface area contributed by atoms with E-state index in [-0.39, 0.29) is 11.9 Å². The molecule has 0 bridgehead atoms. The summed E-state index contributed by atoms with van der Waals surface area (Å²) < 4.78 is 10.7. The molecule has 0 saturated heterocycles. The minimum Gasteiger partial charge on any atom is -0.465 e. The van der Waals surface area contributed by atoms with Crippen molar-refractivity contribution in [3.05, 3.63) is 35.4 Å². The maximum absolute atomic E-state index is 12.2. The number of ether oxygens (including phenoxy) is 2. The maximum atomic E-state index is 12.2. The van der Waals surface area contributed by atoms with Crippen LogP contribution in [0, 0.1) is 12.3 Å². The molecule has 0 spiro atoms. The minimum absolute atomic E-state index is 0.274. The summed E-state index contributed by atoms with van der Waals surface area (Å²) in [5.74, 6) is -0.648. The molecule has 1 fully saturated rings. The monoisotopic (exact) mass is 290 g/mol. The Morgan fingerprint density at radius 1 is 1.38 bits per heavy atom. The van der Waals surface area contributed by atoms with E-state index in [1.165, 1.54) is 0 Å².